The Kier molecular flexibility index (Phi) is 3.10. The van der Waals surface area contributed by atoms with Gasteiger partial charge in [0.05, 0.1) is 0 Å². The lowest BCUT2D eigenvalue weighted by molar-refractivity contribution is -0.122. The van der Waals surface area contributed by atoms with Crippen LogP contribution in [0.5, 0.6) is 5.75 Å². The van der Waals surface area contributed by atoms with Crippen molar-refractivity contribution in [3.05, 3.63) is 29.2 Å². The zero-order valence-electron chi connectivity index (χ0n) is 12.5. The molecule has 4 rings (SSSR count). The van der Waals surface area contributed by atoms with Gasteiger partial charge in [-0.25, -0.2) is 4.39 Å². The fourth-order valence-corrected chi connectivity index (χ4v) is 3.26. The van der Waals surface area contributed by atoms with Crippen molar-refractivity contribution in [2.75, 3.05) is 6.54 Å². The van der Waals surface area contributed by atoms with Crippen molar-refractivity contribution < 1.29 is 13.9 Å². The second-order valence-electron chi connectivity index (χ2n) is 6.35. The predicted molar refractivity (Wildman–Crippen MR) is 81.5 cm³/mol. The Morgan fingerprint density at radius 1 is 1.50 bits per heavy atom. The van der Waals surface area contributed by atoms with Crippen molar-refractivity contribution in [2.45, 2.75) is 38.7 Å². The molecule has 0 saturated heterocycles. The quantitative estimate of drug-likeness (QED) is 0.912. The molecule has 1 unspecified atom stereocenters. The number of carbonyl (C=O) groups is 1. The normalized spacial score (nSPS) is 20.0. The number of hydrogen-bond acceptors (Lipinski definition) is 2. The molecule has 1 aliphatic carbocycles. The smallest absolute Gasteiger partial charge is 0.223 e. The van der Waals surface area contributed by atoms with Crippen LogP contribution in [0.15, 0.2) is 12.3 Å². The summed E-state index contributed by atoms with van der Waals surface area (Å²) in [6, 6.07) is 1.50. The van der Waals surface area contributed by atoms with E-state index < -0.39 is 0 Å². The highest BCUT2D eigenvalue weighted by molar-refractivity contribution is 5.89. The molecule has 2 aromatic rings. The van der Waals surface area contributed by atoms with Crippen LogP contribution >= 0.6 is 0 Å². The van der Waals surface area contributed by atoms with E-state index in [1.165, 1.54) is 6.07 Å². The van der Waals surface area contributed by atoms with Gasteiger partial charge in [-0.3, -0.25) is 4.79 Å². The van der Waals surface area contributed by atoms with Crippen LogP contribution in [-0.4, -0.2) is 23.5 Å². The maximum atomic E-state index is 14.1. The Hall–Kier alpha value is -2.04. The van der Waals surface area contributed by atoms with Crippen LogP contribution in [0, 0.1) is 11.7 Å². The molecule has 2 heterocycles. The number of amides is 1. The summed E-state index contributed by atoms with van der Waals surface area (Å²) in [7, 11) is 0. The molecule has 1 aromatic heterocycles. The molecule has 0 bridgehead atoms. The van der Waals surface area contributed by atoms with Gasteiger partial charge in [0.25, 0.3) is 0 Å². The lowest BCUT2D eigenvalue weighted by Gasteiger charge is -2.06. The summed E-state index contributed by atoms with van der Waals surface area (Å²) >= 11 is 0. The van der Waals surface area contributed by atoms with E-state index >= 15 is 0 Å². The van der Waals surface area contributed by atoms with E-state index in [1.54, 1.807) is 0 Å². The SMILES string of the molecule is CC1Cc2c(c(F)cc3[nH]cc(CCNC(=O)C4CC4)c23)O1. The van der Waals surface area contributed by atoms with E-state index in [-0.39, 0.29) is 23.7 Å². The minimum atomic E-state index is -0.303. The van der Waals surface area contributed by atoms with Gasteiger partial charge in [-0.2, -0.15) is 0 Å². The van der Waals surface area contributed by atoms with Crippen LogP contribution in [0.3, 0.4) is 0 Å². The average Bonchev–Trinajstić information content (AvgIpc) is 3.15. The number of aromatic nitrogens is 1. The number of nitrogens with one attached hydrogen (secondary N) is 2. The van der Waals surface area contributed by atoms with Crippen LogP contribution in [0.1, 0.15) is 30.9 Å². The first-order valence-corrected chi connectivity index (χ1v) is 7.89. The standard InChI is InChI=1S/C17H19FN2O2/c1-9-6-12-15-11(4-5-19-17(21)10-2-3-10)8-20-14(15)7-13(18)16(12)22-9/h7-10,20H,2-6H2,1H3,(H,19,21). The number of benzene rings is 1. The molecule has 4 nitrogen and oxygen atoms in total. The third-order valence-electron chi connectivity index (χ3n) is 4.51. The van der Waals surface area contributed by atoms with Gasteiger partial charge >= 0.3 is 0 Å². The van der Waals surface area contributed by atoms with E-state index in [1.807, 2.05) is 13.1 Å². The average molecular weight is 302 g/mol. The van der Waals surface area contributed by atoms with Gasteiger partial charge in [-0.1, -0.05) is 0 Å². The molecule has 5 heteroatoms. The summed E-state index contributed by atoms with van der Waals surface area (Å²) in [5.74, 6) is 0.480. The number of H-pyrrole nitrogens is 1. The molecule has 1 aromatic carbocycles. The van der Waals surface area contributed by atoms with Crippen molar-refractivity contribution in [3.63, 3.8) is 0 Å². The lowest BCUT2D eigenvalue weighted by Crippen LogP contribution is -2.26. The number of carbonyl (C=O) groups excluding carboxylic acids is 1. The number of aromatic amines is 1. The monoisotopic (exact) mass is 302 g/mol. The van der Waals surface area contributed by atoms with Crippen LogP contribution in [0.25, 0.3) is 10.9 Å². The van der Waals surface area contributed by atoms with Crippen LogP contribution < -0.4 is 10.1 Å². The van der Waals surface area contributed by atoms with Crippen LogP contribution in [0.4, 0.5) is 4.39 Å². The predicted octanol–water partition coefficient (Wildman–Crippen LogP) is 2.70. The van der Waals surface area contributed by atoms with E-state index in [0.29, 0.717) is 12.3 Å². The van der Waals surface area contributed by atoms with Crippen LogP contribution in [0.2, 0.25) is 0 Å². The number of rotatable bonds is 4. The first-order chi connectivity index (χ1) is 10.6. The van der Waals surface area contributed by atoms with E-state index in [9.17, 15) is 9.18 Å². The zero-order chi connectivity index (χ0) is 15.3. The molecule has 1 saturated carbocycles. The molecular weight excluding hydrogens is 283 g/mol. The van der Waals surface area contributed by atoms with Gasteiger partial charge in [0.1, 0.15) is 6.10 Å². The molecule has 2 N–H and O–H groups in total. The molecule has 1 amide bonds. The molecule has 2 aliphatic rings. The van der Waals surface area contributed by atoms with Crippen molar-refractivity contribution in [3.8, 4) is 5.75 Å². The second-order valence-corrected chi connectivity index (χ2v) is 6.35. The molecule has 1 atom stereocenters. The van der Waals surface area contributed by atoms with Crippen molar-refractivity contribution in [2.24, 2.45) is 5.92 Å². The van der Waals surface area contributed by atoms with Gasteiger partial charge in [-0.05, 0) is 31.7 Å². The summed E-state index contributed by atoms with van der Waals surface area (Å²) in [6.45, 7) is 2.57. The molecule has 22 heavy (non-hydrogen) atoms. The molecule has 0 radical (unpaired) electrons. The Morgan fingerprint density at radius 3 is 3.09 bits per heavy atom. The van der Waals surface area contributed by atoms with E-state index in [2.05, 4.69) is 10.3 Å². The third-order valence-corrected chi connectivity index (χ3v) is 4.51. The minimum Gasteiger partial charge on any atom is -0.487 e. The number of hydrogen-bond donors (Lipinski definition) is 2. The summed E-state index contributed by atoms with van der Waals surface area (Å²) in [4.78, 5) is 14.8. The number of ether oxygens (including phenoxy) is 1. The second kappa shape index (κ2) is 5.00. The number of fused-ring (bicyclic) bond motifs is 3. The molecule has 116 valence electrons. The van der Waals surface area contributed by atoms with E-state index in [0.717, 1.165) is 47.7 Å². The van der Waals surface area contributed by atoms with E-state index in [4.69, 9.17) is 4.74 Å². The molecular formula is C17H19FN2O2. The Labute approximate surface area is 128 Å². The maximum absolute atomic E-state index is 14.1. The largest absolute Gasteiger partial charge is 0.487 e. The summed E-state index contributed by atoms with van der Waals surface area (Å²) in [5, 5.41) is 4.03. The highest BCUT2D eigenvalue weighted by atomic mass is 19.1. The maximum Gasteiger partial charge on any atom is 0.223 e. The zero-order valence-corrected chi connectivity index (χ0v) is 12.5. The minimum absolute atomic E-state index is 0.00687. The molecule has 0 spiro atoms. The first kappa shape index (κ1) is 13.6. The van der Waals surface area contributed by atoms with Gasteiger partial charge in [0.2, 0.25) is 5.91 Å². The Morgan fingerprint density at radius 2 is 2.32 bits per heavy atom. The first-order valence-electron chi connectivity index (χ1n) is 7.89. The van der Waals surface area contributed by atoms with Crippen molar-refractivity contribution in [1.29, 1.82) is 0 Å². The van der Waals surface area contributed by atoms with Gasteiger partial charge in [-0.15, -0.1) is 0 Å². The fourth-order valence-electron chi connectivity index (χ4n) is 3.26. The Bertz CT molecular complexity index is 749. The summed E-state index contributed by atoms with van der Waals surface area (Å²) in [6.07, 6.45) is 5.42. The van der Waals surface area contributed by atoms with Gasteiger partial charge in [0, 0.05) is 47.6 Å². The highest BCUT2D eigenvalue weighted by Gasteiger charge is 2.29. The topological polar surface area (TPSA) is 54.1 Å². The van der Waals surface area contributed by atoms with Crippen molar-refractivity contribution in [1.82, 2.24) is 10.3 Å². The third kappa shape index (κ3) is 2.25. The molecule has 1 aliphatic heterocycles. The fraction of sp³-hybridized carbons (Fsp3) is 0.471. The molecule has 1 fully saturated rings. The van der Waals surface area contributed by atoms with Gasteiger partial charge < -0.3 is 15.0 Å². The van der Waals surface area contributed by atoms with Crippen molar-refractivity contribution >= 4 is 16.8 Å². The Balaban J connectivity index is 1.59. The van der Waals surface area contributed by atoms with Gasteiger partial charge in [0.15, 0.2) is 11.6 Å². The summed E-state index contributed by atoms with van der Waals surface area (Å²) in [5.41, 5.74) is 2.87. The van der Waals surface area contributed by atoms with Crippen LogP contribution in [-0.2, 0) is 17.6 Å². The summed E-state index contributed by atoms with van der Waals surface area (Å²) < 4.78 is 19.6. The lowest BCUT2D eigenvalue weighted by atomic mass is 10.0. The number of halogens is 1. The highest BCUT2D eigenvalue weighted by Crippen LogP contribution is 2.39.